The van der Waals surface area contributed by atoms with Gasteiger partial charge in [-0.25, -0.2) is 17.9 Å². The maximum absolute atomic E-state index is 12.1. The Bertz CT molecular complexity index is 807. The number of ether oxygens (including phenoxy) is 2. The molecule has 1 aromatic rings. The Morgan fingerprint density at radius 2 is 1.93 bits per heavy atom. The van der Waals surface area contributed by atoms with Crippen LogP contribution in [-0.2, 0) is 26.1 Å². The first-order chi connectivity index (χ1) is 12.5. The first-order valence-corrected chi connectivity index (χ1v) is 10.3. The van der Waals surface area contributed by atoms with E-state index in [1.54, 1.807) is 20.8 Å². The van der Waals surface area contributed by atoms with Crippen molar-refractivity contribution < 1.29 is 32.6 Å². The summed E-state index contributed by atoms with van der Waals surface area (Å²) in [6.45, 7) is 5.29. The van der Waals surface area contributed by atoms with Crippen LogP contribution in [0.1, 0.15) is 49.5 Å². The van der Waals surface area contributed by atoms with Gasteiger partial charge in [0, 0.05) is 12.1 Å². The molecule has 1 aliphatic rings. The molecule has 2 N–H and O–H groups in total. The number of hydrogen-bond donors (Lipinski definition) is 2. The molecule has 0 radical (unpaired) electrons. The van der Waals surface area contributed by atoms with Crippen LogP contribution in [0.4, 0.5) is 0 Å². The van der Waals surface area contributed by atoms with Crippen LogP contribution in [0.3, 0.4) is 0 Å². The summed E-state index contributed by atoms with van der Waals surface area (Å²) in [5.74, 6) is -1.96. The first kappa shape index (κ1) is 21.2. The van der Waals surface area contributed by atoms with Gasteiger partial charge in [0.1, 0.15) is 11.4 Å². The lowest BCUT2D eigenvalue weighted by Gasteiger charge is -2.19. The van der Waals surface area contributed by atoms with Gasteiger partial charge in [0.25, 0.3) is 0 Å². The highest BCUT2D eigenvalue weighted by Gasteiger charge is 2.24. The molecule has 27 heavy (non-hydrogen) atoms. The van der Waals surface area contributed by atoms with Gasteiger partial charge in [0.15, 0.2) is 5.75 Å². The van der Waals surface area contributed by atoms with E-state index in [0.29, 0.717) is 23.8 Å². The Kier molecular flexibility index (Phi) is 6.48. The number of nitrogens with one attached hydrogen (secondary N) is 1. The van der Waals surface area contributed by atoms with Crippen molar-refractivity contribution in [3.8, 4) is 5.75 Å². The molecular weight excluding hydrogens is 374 g/mol. The molecule has 1 saturated carbocycles. The molecule has 8 nitrogen and oxygen atoms in total. The topological polar surface area (TPSA) is 119 Å². The Labute approximate surface area is 158 Å². The van der Waals surface area contributed by atoms with E-state index < -0.39 is 33.3 Å². The van der Waals surface area contributed by atoms with E-state index in [0.717, 1.165) is 12.8 Å². The second kappa shape index (κ2) is 8.26. The van der Waals surface area contributed by atoms with Crippen molar-refractivity contribution in [3.05, 3.63) is 29.3 Å². The monoisotopic (exact) mass is 399 g/mol. The average molecular weight is 399 g/mol. The number of carbonyl (C=O) groups is 2. The van der Waals surface area contributed by atoms with Crippen LogP contribution < -0.4 is 9.46 Å². The van der Waals surface area contributed by atoms with Crippen molar-refractivity contribution in [1.29, 1.82) is 0 Å². The minimum Gasteiger partial charge on any atom is -0.493 e. The molecule has 0 atom stereocenters. The lowest BCUT2D eigenvalue weighted by molar-refractivity contribution is -0.151. The quantitative estimate of drug-likeness (QED) is 0.609. The molecule has 0 amide bonds. The summed E-state index contributed by atoms with van der Waals surface area (Å²) < 4.78 is 37.2. The highest BCUT2D eigenvalue weighted by molar-refractivity contribution is 7.90. The van der Waals surface area contributed by atoms with E-state index in [2.05, 4.69) is 4.72 Å². The summed E-state index contributed by atoms with van der Waals surface area (Å²) in [7, 11) is -3.91. The third-order valence-corrected chi connectivity index (χ3v) is 4.90. The van der Waals surface area contributed by atoms with Crippen molar-refractivity contribution in [3.63, 3.8) is 0 Å². The number of aromatic carboxylic acids is 1. The molecule has 9 heteroatoms. The molecule has 0 saturated heterocycles. The van der Waals surface area contributed by atoms with Crippen LogP contribution in [0.2, 0.25) is 0 Å². The van der Waals surface area contributed by atoms with Gasteiger partial charge in [-0.1, -0.05) is 6.07 Å². The van der Waals surface area contributed by atoms with Gasteiger partial charge in [-0.15, -0.1) is 0 Å². The first-order valence-electron chi connectivity index (χ1n) is 8.63. The predicted octanol–water partition coefficient (Wildman–Crippen LogP) is 1.93. The number of esters is 1. The maximum atomic E-state index is 12.1. The average Bonchev–Trinajstić information content (AvgIpc) is 3.32. The number of sulfonamides is 1. The fourth-order valence-electron chi connectivity index (χ4n) is 2.22. The number of carboxylic acids is 1. The Morgan fingerprint density at radius 1 is 1.26 bits per heavy atom. The highest BCUT2D eigenvalue weighted by Crippen LogP contribution is 2.30. The number of carboxylic acid groups (broad SMARTS) is 1. The number of hydrogen-bond acceptors (Lipinski definition) is 6. The normalized spacial score (nSPS) is 14.6. The molecule has 0 spiro atoms. The van der Waals surface area contributed by atoms with E-state index in [9.17, 15) is 18.0 Å². The number of carbonyl (C=O) groups excluding carboxylic acids is 1. The molecule has 1 fully saturated rings. The van der Waals surface area contributed by atoms with Crippen molar-refractivity contribution in [1.82, 2.24) is 4.72 Å². The molecule has 1 aliphatic carbocycles. The van der Waals surface area contributed by atoms with Gasteiger partial charge in [-0.3, -0.25) is 4.79 Å². The summed E-state index contributed by atoms with van der Waals surface area (Å²) >= 11 is 0. The number of benzene rings is 1. The minimum absolute atomic E-state index is 0.0566. The molecule has 0 unspecified atom stereocenters. The molecule has 2 rings (SSSR count). The molecule has 0 aromatic heterocycles. The lowest BCUT2D eigenvalue weighted by atomic mass is 10.1. The van der Waals surface area contributed by atoms with Gasteiger partial charge < -0.3 is 14.6 Å². The minimum atomic E-state index is -3.91. The fraction of sp³-hybridized carbons (Fsp3) is 0.556. The van der Waals surface area contributed by atoms with Crippen LogP contribution >= 0.6 is 0 Å². The molecule has 0 aliphatic heterocycles. The predicted molar refractivity (Wildman–Crippen MR) is 98.1 cm³/mol. The zero-order chi connectivity index (χ0) is 20.2. The summed E-state index contributed by atoms with van der Waals surface area (Å²) in [4.78, 5) is 22.9. The van der Waals surface area contributed by atoms with Crippen molar-refractivity contribution in [2.45, 2.75) is 45.8 Å². The maximum Gasteiger partial charge on any atom is 0.335 e. The molecule has 1 aromatic carbocycles. The van der Waals surface area contributed by atoms with Crippen LogP contribution in [-0.4, -0.2) is 43.4 Å². The smallest absolute Gasteiger partial charge is 0.335 e. The van der Waals surface area contributed by atoms with Gasteiger partial charge in [-0.2, -0.15) is 0 Å². The van der Waals surface area contributed by atoms with Gasteiger partial charge >= 0.3 is 11.9 Å². The standard InChI is InChI=1S/C18H25NO7S/c1-18(2,3)26-16(20)11-27(23,24)19-9-14-7-6-13(17(21)22)8-15(14)25-10-12-4-5-12/h6-8,12,19H,4-5,9-11H2,1-3H3,(H,21,22). The van der Waals surface area contributed by atoms with Gasteiger partial charge in [0.2, 0.25) is 10.0 Å². The Balaban J connectivity index is 2.04. The van der Waals surface area contributed by atoms with Gasteiger partial charge in [-0.05, 0) is 51.7 Å². The van der Waals surface area contributed by atoms with Crippen molar-refractivity contribution >= 4 is 22.0 Å². The Hall–Kier alpha value is -2.13. The molecular formula is C18H25NO7S. The largest absolute Gasteiger partial charge is 0.493 e. The zero-order valence-corrected chi connectivity index (χ0v) is 16.5. The second-order valence-corrected chi connectivity index (χ2v) is 9.36. The van der Waals surface area contributed by atoms with Crippen molar-refractivity contribution in [2.75, 3.05) is 12.4 Å². The third kappa shape index (κ3) is 7.56. The van der Waals surface area contributed by atoms with Crippen LogP contribution in [0.25, 0.3) is 0 Å². The second-order valence-electron chi connectivity index (χ2n) is 7.55. The highest BCUT2D eigenvalue weighted by atomic mass is 32.2. The van der Waals surface area contributed by atoms with E-state index in [1.165, 1.54) is 18.2 Å². The van der Waals surface area contributed by atoms with Crippen LogP contribution in [0.5, 0.6) is 5.75 Å². The van der Waals surface area contributed by atoms with Crippen LogP contribution in [0, 0.1) is 5.92 Å². The van der Waals surface area contributed by atoms with E-state index in [1.807, 2.05) is 0 Å². The van der Waals surface area contributed by atoms with Crippen LogP contribution in [0.15, 0.2) is 18.2 Å². The molecule has 0 heterocycles. The summed E-state index contributed by atoms with van der Waals surface area (Å²) in [5.41, 5.74) is -0.224. The summed E-state index contributed by atoms with van der Waals surface area (Å²) in [6.07, 6.45) is 2.13. The SMILES string of the molecule is CC(C)(C)OC(=O)CS(=O)(=O)NCc1ccc(C(=O)O)cc1OCC1CC1. The number of rotatable bonds is 9. The molecule has 0 bridgehead atoms. The van der Waals surface area contributed by atoms with E-state index >= 15 is 0 Å². The lowest BCUT2D eigenvalue weighted by Crippen LogP contribution is -2.34. The van der Waals surface area contributed by atoms with Gasteiger partial charge in [0.05, 0.1) is 12.2 Å². The Morgan fingerprint density at radius 3 is 2.48 bits per heavy atom. The van der Waals surface area contributed by atoms with E-state index in [4.69, 9.17) is 14.6 Å². The summed E-state index contributed by atoms with van der Waals surface area (Å²) in [6, 6.07) is 4.26. The fourth-order valence-corrected chi connectivity index (χ4v) is 3.07. The molecule has 150 valence electrons. The summed E-state index contributed by atoms with van der Waals surface area (Å²) in [5, 5.41) is 9.12. The zero-order valence-electron chi connectivity index (χ0n) is 15.6. The van der Waals surface area contributed by atoms with Crippen molar-refractivity contribution in [2.24, 2.45) is 5.92 Å². The van der Waals surface area contributed by atoms with E-state index in [-0.39, 0.29) is 12.1 Å². The third-order valence-electron chi connectivity index (χ3n) is 3.70.